The van der Waals surface area contributed by atoms with E-state index in [4.69, 9.17) is 9.26 Å². The molecule has 0 bridgehead atoms. The van der Waals surface area contributed by atoms with Gasteiger partial charge in [-0.1, -0.05) is 11.2 Å². The van der Waals surface area contributed by atoms with Gasteiger partial charge in [0, 0.05) is 5.56 Å². The number of aromatic nitrogens is 2. The fourth-order valence-corrected chi connectivity index (χ4v) is 1.30. The molecule has 0 radical (unpaired) electrons. The predicted octanol–water partition coefficient (Wildman–Crippen LogP) is 1.97. The highest BCUT2D eigenvalue weighted by molar-refractivity contribution is 5.42. The summed E-state index contributed by atoms with van der Waals surface area (Å²) in [5.41, 5.74) is 0.693. The van der Waals surface area contributed by atoms with E-state index in [0.29, 0.717) is 23.0 Å². The Morgan fingerprint density at radius 2 is 2.19 bits per heavy atom. The topological polar surface area (TPSA) is 68.4 Å². The van der Waals surface area contributed by atoms with Crippen LogP contribution in [0.1, 0.15) is 17.3 Å². The highest BCUT2D eigenvalue weighted by atomic mass is 16.5. The third kappa shape index (κ3) is 2.13. The molecule has 0 aliphatic rings. The first-order valence-electron chi connectivity index (χ1n) is 4.87. The largest absolute Gasteiger partial charge is 0.508 e. The molecule has 2 rings (SSSR count). The molecular formula is C11H12N2O3. The lowest BCUT2D eigenvalue weighted by Crippen LogP contribution is -1.97. The second-order valence-corrected chi connectivity index (χ2v) is 3.42. The lowest BCUT2D eigenvalue weighted by Gasteiger charge is -2.07. The monoisotopic (exact) mass is 220 g/mol. The van der Waals surface area contributed by atoms with Gasteiger partial charge in [-0.05, 0) is 26.0 Å². The third-order valence-electron chi connectivity index (χ3n) is 2.18. The van der Waals surface area contributed by atoms with Crippen molar-refractivity contribution < 1.29 is 14.4 Å². The second-order valence-electron chi connectivity index (χ2n) is 3.42. The molecule has 1 heterocycles. The van der Waals surface area contributed by atoms with Gasteiger partial charge in [-0.2, -0.15) is 4.98 Å². The van der Waals surface area contributed by atoms with E-state index >= 15 is 0 Å². The summed E-state index contributed by atoms with van der Waals surface area (Å²) in [4.78, 5) is 4.01. The molecule has 1 aromatic heterocycles. The van der Waals surface area contributed by atoms with Crippen molar-refractivity contribution in [1.82, 2.24) is 10.1 Å². The van der Waals surface area contributed by atoms with Crippen molar-refractivity contribution in [2.45, 2.75) is 20.5 Å². The van der Waals surface area contributed by atoms with E-state index in [-0.39, 0.29) is 12.4 Å². The molecular weight excluding hydrogens is 208 g/mol. The summed E-state index contributed by atoms with van der Waals surface area (Å²) in [6.07, 6.45) is 0. The summed E-state index contributed by atoms with van der Waals surface area (Å²) < 4.78 is 10.4. The highest BCUT2D eigenvalue weighted by Crippen LogP contribution is 2.26. The van der Waals surface area contributed by atoms with Gasteiger partial charge in [0.1, 0.15) is 11.5 Å². The third-order valence-corrected chi connectivity index (χ3v) is 2.18. The summed E-state index contributed by atoms with van der Waals surface area (Å²) in [5, 5.41) is 13.1. The Kier molecular flexibility index (Phi) is 2.76. The Morgan fingerprint density at radius 1 is 1.38 bits per heavy atom. The van der Waals surface area contributed by atoms with Crippen LogP contribution in [0, 0.1) is 13.8 Å². The highest BCUT2D eigenvalue weighted by Gasteiger charge is 2.07. The molecule has 5 nitrogen and oxygen atoms in total. The van der Waals surface area contributed by atoms with Crippen LogP contribution in [0.3, 0.4) is 0 Å². The standard InChI is InChI=1S/C11H12N2O3/c1-7-9(14)4-3-5-10(7)15-6-11-12-8(2)13-16-11/h3-5,14H,6H2,1-2H3. The van der Waals surface area contributed by atoms with E-state index < -0.39 is 0 Å². The van der Waals surface area contributed by atoms with Crippen LogP contribution in [0.2, 0.25) is 0 Å². The first kappa shape index (κ1) is 10.5. The van der Waals surface area contributed by atoms with Crippen molar-refractivity contribution in [2.24, 2.45) is 0 Å². The lowest BCUT2D eigenvalue weighted by molar-refractivity contribution is 0.240. The van der Waals surface area contributed by atoms with Crippen molar-refractivity contribution in [3.63, 3.8) is 0 Å². The summed E-state index contributed by atoms with van der Waals surface area (Å²) in [6, 6.07) is 5.11. The van der Waals surface area contributed by atoms with Gasteiger partial charge in [0.2, 0.25) is 0 Å². The van der Waals surface area contributed by atoms with Gasteiger partial charge in [0.25, 0.3) is 5.89 Å². The van der Waals surface area contributed by atoms with E-state index in [2.05, 4.69) is 10.1 Å². The van der Waals surface area contributed by atoms with Crippen LogP contribution in [-0.4, -0.2) is 15.2 Å². The molecule has 0 spiro atoms. The zero-order chi connectivity index (χ0) is 11.5. The molecule has 2 aromatic rings. The number of phenols is 1. The van der Waals surface area contributed by atoms with Crippen LogP contribution in [0.5, 0.6) is 11.5 Å². The van der Waals surface area contributed by atoms with Gasteiger partial charge in [0.05, 0.1) is 0 Å². The quantitative estimate of drug-likeness (QED) is 0.856. The van der Waals surface area contributed by atoms with Crippen molar-refractivity contribution in [3.05, 3.63) is 35.5 Å². The summed E-state index contributed by atoms with van der Waals surface area (Å²) in [7, 11) is 0. The molecule has 0 unspecified atom stereocenters. The average molecular weight is 220 g/mol. The molecule has 0 amide bonds. The lowest BCUT2D eigenvalue weighted by atomic mass is 10.2. The van der Waals surface area contributed by atoms with E-state index in [9.17, 15) is 5.11 Å². The zero-order valence-corrected chi connectivity index (χ0v) is 9.10. The Bertz CT molecular complexity index is 494. The van der Waals surface area contributed by atoms with Crippen LogP contribution in [0.25, 0.3) is 0 Å². The van der Waals surface area contributed by atoms with Crippen molar-refractivity contribution in [3.8, 4) is 11.5 Å². The van der Waals surface area contributed by atoms with Gasteiger partial charge in [-0.25, -0.2) is 0 Å². The minimum absolute atomic E-state index is 0.200. The van der Waals surface area contributed by atoms with E-state index in [0.717, 1.165) is 0 Å². The minimum atomic E-state index is 0.200. The van der Waals surface area contributed by atoms with Crippen LogP contribution in [0.4, 0.5) is 0 Å². The molecule has 16 heavy (non-hydrogen) atoms. The number of rotatable bonds is 3. The molecule has 0 fully saturated rings. The first-order valence-corrected chi connectivity index (χ1v) is 4.87. The number of ether oxygens (including phenoxy) is 1. The Labute approximate surface area is 92.7 Å². The zero-order valence-electron chi connectivity index (χ0n) is 9.10. The molecule has 1 aromatic carbocycles. The number of benzene rings is 1. The molecule has 0 aliphatic heterocycles. The molecule has 0 saturated heterocycles. The first-order chi connectivity index (χ1) is 7.66. The molecule has 0 saturated carbocycles. The van der Waals surface area contributed by atoms with Crippen molar-refractivity contribution in [1.29, 1.82) is 0 Å². The normalized spacial score (nSPS) is 10.4. The number of nitrogens with zero attached hydrogens (tertiary/aromatic N) is 2. The fraction of sp³-hybridized carbons (Fsp3) is 0.273. The van der Waals surface area contributed by atoms with Crippen LogP contribution in [0.15, 0.2) is 22.7 Å². The second kappa shape index (κ2) is 4.22. The van der Waals surface area contributed by atoms with E-state index in [1.165, 1.54) is 0 Å². The Morgan fingerprint density at radius 3 is 2.88 bits per heavy atom. The number of hydrogen-bond donors (Lipinski definition) is 1. The maximum Gasteiger partial charge on any atom is 0.264 e. The van der Waals surface area contributed by atoms with Crippen LogP contribution >= 0.6 is 0 Å². The molecule has 84 valence electrons. The molecule has 5 heteroatoms. The van der Waals surface area contributed by atoms with Crippen LogP contribution < -0.4 is 4.74 Å². The molecule has 1 N–H and O–H groups in total. The van der Waals surface area contributed by atoms with E-state index in [1.807, 2.05) is 0 Å². The van der Waals surface area contributed by atoms with Crippen molar-refractivity contribution in [2.75, 3.05) is 0 Å². The Hall–Kier alpha value is -2.04. The number of phenolic OH excluding ortho intramolecular Hbond substituents is 1. The number of aromatic hydroxyl groups is 1. The minimum Gasteiger partial charge on any atom is -0.508 e. The average Bonchev–Trinajstić information content (AvgIpc) is 2.67. The Balaban J connectivity index is 2.07. The maximum absolute atomic E-state index is 9.47. The van der Waals surface area contributed by atoms with Gasteiger partial charge >= 0.3 is 0 Å². The van der Waals surface area contributed by atoms with E-state index in [1.54, 1.807) is 32.0 Å². The maximum atomic E-state index is 9.47. The van der Waals surface area contributed by atoms with Crippen molar-refractivity contribution >= 4 is 0 Å². The molecule has 0 atom stereocenters. The summed E-state index contributed by atoms with van der Waals surface area (Å²) >= 11 is 0. The summed E-state index contributed by atoms with van der Waals surface area (Å²) in [6.45, 7) is 3.72. The summed E-state index contributed by atoms with van der Waals surface area (Å²) in [5.74, 6) is 1.81. The predicted molar refractivity (Wildman–Crippen MR) is 56.2 cm³/mol. The van der Waals surface area contributed by atoms with Gasteiger partial charge in [0.15, 0.2) is 12.4 Å². The smallest absolute Gasteiger partial charge is 0.264 e. The van der Waals surface area contributed by atoms with Crippen LogP contribution in [-0.2, 0) is 6.61 Å². The van der Waals surface area contributed by atoms with Gasteiger partial charge in [-0.3, -0.25) is 0 Å². The fourth-order valence-electron chi connectivity index (χ4n) is 1.30. The van der Waals surface area contributed by atoms with Gasteiger partial charge in [-0.15, -0.1) is 0 Å². The number of hydrogen-bond acceptors (Lipinski definition) is 5. The molecule has 0 aliphatic carbocycles. The number of aryl methyl sites for hydroxylation is 1. The SMILES string of the molecule is Cc1noc(COc2cccc(O)c2C)n1. The van der Waals surface area contributed by atoms with Gasteiger partial charge < -0.3 is 14.4 Å².